The number of rotatable bonds is 5. The second kappa shape index (κ2) is 29.2. The van der Waals surface area contributed by atoms with E-state index in [1.54, 1.807) is 71.7 Å². The van der Waals surface area contributed by atoms with Crippen LogP contribution in [0.4, 0.5) is 17.6 Å². The largest absolute Gasteiger partial charge is 1.00 e. The van der Waals surface area contributed by atoms with Crippen LogP contribution in [-0.2, 0) is 33.6 Å². The maximum atomic E-state index is 15.0. The van der Waals surface area contributed by atoms with Crippen molar-refractivity contribution in [3.05, 3.63) is 119 Å². The number of pyridine rings is 2. The van der Waals surface area contributed by atoms with Crippen molar-refractivity contribution in [1.29, 1.82) is 0 Å². The Kier molecular flexibility index (Phi) is 23.9. The summed E-state index contributed by atoms with van der Waals surface area (Å²) in [5.41, 5.74) is 6.88. The van der Waals surface area contributed by atoms with Gasteiger partial charge >= 0.3 is 41.5 Å². The Morgan fingerprint density at radius 1 is 0.645 bits per heavy atom. The summed E-state index contributed by atoms with van der Waals surface area (Å²) in [5.74, 6) is -2.59. The average Bonchev–Trinajstić information content (AvgIpc) is 3.98. The minimum absolute atomic E-state index is 0. The number of halogens is 5. The molecule has 2 aromatic carbocycles. The van der Waals surface area contributed by atoms with Crippen molar-refractivity contribution in [3.63, 3.8) is 0 Å². The van der Waals surface area contributed by atoms with Crippen molar-refractivity contribution in [2.75, 3.05) is 32.7 Å². The first kappa shape index (κ1) is 62.1. The fourth-order valence-corrected chi connectivity index (χ4v) is 8.49. The van der Waals surface area contributed by atoms with Crippen molar-refractivity contribution in [3.8, 4) is 22.5 Å². The molecule has 0 spiro atoms. The predicted octanol–water partition coefficient (Wildman–Crippen LogP) is 6.02. The Bertz CT molecular complexity index is 3290. The molecule has 10 rings (SSSR count). The number of carbonyl (C=O) groups excluding carboxylic acids is 4. The first-order chi connectivity index (χ1) is 35.4. The molecule has 2 fully saturated rings. The van der Waals surface area contributed by atoms with Crippen LogP contribution in [0.15, 0.2) is 73.3 Å². The molecule has 0 atom stereocenters. The van der Waals surface area contributed by atoms with Crippen LogP contribution in [0.3, 0.4) is 0 Å². The van der Waals surface area contributed by atoms with Gasteiger partial charge < -0.3 is 36.5 Å². The number of likely N-dealkylation sites (tertiary alicyclic amines) is 1. The van der Waals surface area contributed by atoms with Crippen molar-refractivity contribution in [2.45, 2.75) is 86.0 Å². The standard InChI is InChI=1S/C23H23F2N5.C21H19F2N5.C4H6O4.C2H3BO2.C2H4O.ClH.Na/c1-3-29-6-4-15(5-7-29)16-8-19(24)18-11-21(27-28-22(18)10-16)17-9-20(25)23-26-14(2)12-30(23)13-17;1-12-10-28-11-15(7-18(23)21(28)25-12)19-9-16-17(22)6-14(8-20(16)27-26-19)13-2-4-24-5-3-13;1-3(5)7-8-4(2)6;1-2(4)5-3;1-2-3;;/h8-13,15H,3-7H2,1-2H3;6-11,13,24H,2-5H2,1H3;1-2H3;1H3;2H,1H3;1H;/q;;;-1;;;+1. The minimum Gasteiger partial charge on any atom is -0.793 e. The number of aryl methyl sites for hydroxylation is 2. The number of piperidine rings is 2. The molecule has 0 aliphatic carbocycles. The van der Waals surface area contributed by atoms with Crippen LogP contribution in [-0.4, -0.2) is 109 Å². The molecule has 395 valence electrons. The summed E-state index contributed by atoms with van der Waals surface area (Å²) in [7, 11) is 4.32. The number of nitrogens with zero attached hydrogens (tertiary/aromatic N) is 9. The molecule has 2 aliphatic rings. The third-order valence-corrected chi connectivity index (χ3v) is 12.0. The number of carbonyl (C=O) groups is 4. The minimum atomic E-state index is -0.639. The molecule has 1 N–H and O–H groups in total. The van der Waals surface area contributed by atoms with Gasteiger partial charge in [-0.1, -0.05) is 6.92 Å². The summed E-state index contributed by atoms with van der Waals surface area (Å²) in [4.78, 5) is 56.3. The van der Waals surface area contributed by atoms with Gasteiger partial charge in [0.15, 0.2) is 22.9 Å². The van der Waals surface area contributed by atoms with E-state index >= 15 is 4.39 Å². The first-order valence-electron chi connectivity index (χ1n) is 23.7. The van der Waals surface area contributed by atoms with E-state index in [-0.39, 0.29) is 64.9 Å². The number of fused-ring (bicyclic) bond motifs is 4. The number of hydrogen-bond donors (Lipinski definition) is 1. The zero-order valence-corrected chi connectivity index (χ0v) is 46.2. The van der Waals surface area contributed by atoms with Gasteiger partial charge in [0.2, 0.25) is 5.97 Å². The van der Waals surface area contributed by atoms with Crippen LogP contribution in [0.1, 0.15) is 94.7 Å². The summed E-state index contributed by atoms with van der Waals surface area (Å²) in [6.07, 6.45) is 11.7. The number of aromatic nitrogens is 8. The molecule has 0 saturated carbocycles. The maximum Gasteiger partial charge on any atom is 1.00 e. The molecule has 8 heterocycles. The van der Waals surface area contributed by atoms with E-state index in [4.69, 9.17) is 4.79 Å². The monoisotopic (exact) mass is 1080 g/mol. The van der Waals surface area contributed by atoms with E-state index < -0.39 is 29.5 Å². The molecular formula is C52H56BClF4N10NaO7. The molecule has 2 saturated heterocycles. The maximum absolute atomic E-state index is 15.0. The normalized spacial score (nSPS) is 13.5. The summed E-state index contributed by atoms with van der Waals surface area (Å²) < 4.78 is 65.5. The Morgan fingerprint density at radius 2 is 1.04 bits per heavy atom. The second-order valence-corrected chi connectivity index (χ2v) is 17.4. The molecule has 0 amide bonds. The van der Waals surface area contributed by atoms with Crippen molar-refractivity contribution >= 4 is 77.8 Å². The smallest absolute Gasteiger partial charge is 0.793 e. The van der Waals surface area contributed by atoms with Crippen LogP contribution < -0.4 is 34.9 Å². The third kappa shape index (κ3) is 16.5. The Morgan fingerprint density at radius 3 is 1.41 bits per heavy atom. The molecule has 0 bridgehead atoms. The number of nitrogens with one attached hydrogen (secondary N) is 1. The fourth-order valence-electron chi connectivity index (χ4n) is 8.49. The summed E-state index contributed by atoms with van der Waals surface area (Å²) in [6.45, 7) is 15.7. The third-order valence-electron chi connectivity index (χ3n) is 12.0. The van der Waals surface area contributed by atoms with Crippen LogP contribution in [0.25, 0.3) is 55.6 Å². The molecule has 6 aromatic heterocycles. The quantitative estimate of drug-likeness (QED) is 0.0690. The molecule has 8 aromatic rings. The molecule has 2 aliphatic heterocycles. The molecule has 24 heteroatoms. The van der Waals surface area contributed by atoms with Gasteiger partial charge in [-0.05, 0) is 151 Å². The molecular weight excluding hydrogens is 1020 g/mol. The van der Waals surface area contributed by atoms with E-state index in [9.17, 15) is 27.6 Å². The summed E-state index contributed by atoms with van der Waals surface area (Å²) >= 11 is 0. The van der Waals surface area contributed by atoms with Crippen LogP contribution in [0.5, 0.6) is 0 Å². The van der Waals surface area contributed by atoms with Crippen LogP contribution >= 0.6 is 12.4 Å². The van der Waals surface area contributed by atoms with Gasteiger partial charge in [-0.2, -0.15) is 0 Å². The van der Waals surface area contributed by atoms with Gasteiger partial charge in [-0.3, -0.25) is 4.79 Å². The van der Waals surface area contributed by atoms with Crippen LogP contribution in [0, 0.1) is 37.1 Å². The molecule has 17 nitrogen and oxygen atoms in total. The van der Waals surface area contributed by atoms with Crippen molar-refractivity contribution in [2.24, 2.45) is 0 Å². The first-order valence-corrected chi connectivity index (χ1v) is 23.7. The van der Waals surface area contributed by atoms with Gasteiger partial charge in [-0.25, -0.2) is 46.9 Å². The average molecular weight is 1080 g/mol. The number of benzene rings is 2. The van der Waals surface area contributed by atoms with E-state index in [2.05, 4.69) is 70.0 Å². The fraction of sp³-hybridized carbons (Fsp3) is 0.346. The van der Waals surface area contributed by atoms with Gasteiger partial charge in [-0.15, -0.1) is 32.8 Å². The SMILES string of the molecule is CC(=O)OOC(C)=O.CC=O.CCN1CCC(c2cc(F)c3cc(-c4cc(F)c5nc(C)cn5c4)nnc3c2)CC1.Cc1cn2cc(-c3cc4c(F)cc(C5CCNCC5)cc4nn3)cc(F)c2n1.Cl.[B-]OC(C)=O.[Na+]. The van der Waals surface area contributed by atoms with Gasteiger partial charge in [0.25, 0.3) is 0 Å². The van der Waals surface area contributed by atoms with E-state index in [0.717, 1.165) is 101 Å². The van der Waals surface area contributed by atoms with Gasteiger partial charge in [0.1, 0.15) is 17.9 Å². The zero-order chi connectivity index (χ0) is 53.6. The van der Waals surface area contributed by atoms with Crippen molar-refractivity contribution in [1.82, 2.24) is 49.4 Å². The van der Waals surface area contributed by atoms with Crippen molar-refractivity contribution < 1.29 is 80.7 Å². The van der Waals surface area contributed by atoms with E-state index in [1.165, 1.54) is 26.0 Å². The summed E-state index contributed by atoms with van der Waals surface area (Å²) in [6, 6.07) is 13.1. The number of aldehydes is 1. The molecule has 3 radical (unpaired) electrons. The van der Waals surface area contributed by atoms with E-state index in [0.29, 0.717) is 56.2 Å². The molecule has 76 heavy (non-hydrogen) atoms. The van der Waals surface area contributed by atoms with Crippen LogP contribution in [0.2, 0.25) is 0 Å². The Balaban J connectivity index is 0.000000252. The number of imidazole rings is 2. The predicted molar refractivity (Wildman–Crippen MR) is 276 cm³/mol. The number of hydrogen-bond acceptors (Lipinski definition) is 15. The zero-order valence-electron chi connectivity index (χ0n) is 43.4. The van der Waals surface area contributed by atoms with Gasteiger partial charge in [0.05, 0.1) is 33.8 Å². The molecule has 0 unspecified atom stereocenters. The van der Waals surface area contributed by atoms with Gasteiger partial charge in [0, 0.05) is 67.5 Å². The summed E-state index contributed by atoms with van der Waals surface area (Å²) in [5, 5.41) is 21.1. The van der Waals surface area contributed by atoms with E-state index in [1.807, 2.05) is 12.1 Å². The Labute approximate surface area is 465 Å². The Hall–Kier alpha value is -6.43. The second-order valence-electron chi connectivity index (χ2n) is 17.4. The topological polar surface area (TPSA) is 197 Å².